The molecule has 2 aromatic rings. The van der Waals surface area contributed by atoms with Gasteiger partial charge < -0.3 is 10.6 Å². The highest BCUT2D eigenvalue weighted by atomic mass is 32.2. The van der Waals surface area contributed by atoms with Crippen LogP contribution in [0.4, 0.5) is 5.69 Å². The van der Waals surface area contributed by atoms with Gasteiger partial charge in [0.25, 0.3) is 5.91 Å². The number of carbonyl (C=O) groups is 1. The summed E-state index contributed by atoms with van der Waals surface area (Å²) in [6, 6.07) is 17.9. The molecule has 6 heteroatoms. The van der Waals surface area contributed by atoms with Crippen LogP contribution in [0.25, 0.3) is 0 Å². The molecule has 0 aromatic heterocycles. The number of sulfone groups is 1. The normalized spacial score (nSPS) is 24.3. The third kappa shape index (κ3) is 4.57. The summed E-state index contributed by atoms with van der Waals surface area (Å²) in [4.78, 5) is 12.3. The highest BCUT2D eigenvalue weighted by molar-refractivity contribution is 7.91. The molecule has 0 spiro atoms. The zero-order valence-corrected chi connectivity index (χ0v) is 15.9. The monoisotopic (exact) mass is 384 g/mol. The summed E-state index contributed by atoms with van der Waals surface area (Å²) >= 11 is 0. The third-order valence-electron chi connectivity index (χ3n) is 5.43. The van der Waals surface area contributed by atoms with Crippen LogP contribution >= 0.6 is 0 Å². The van der Waals surface area contributed by atoms with Crippen molar-refractivity contribution in [2.75, 3.05) is 16.8 Å². The Hall–Kier alpha value is -2.18. The lowest BCUT2D eigenvalue weighted by Gasteiger charge is -2.23. The molecule has 1 saturated heterocycles. The molecule has 0 bridgehead atoms. The summed E-state index contributed by atoms with van der Waals surface area (Å²) in [5.41, 5.74) is 2.66. The Morgan fingerprint density at radius 3 is 2.26 bits per heavy atom. The van der Waals surface area contributed by atoms with Crippen molar-refractivity contribution in [2.45, 2.75) is 37.3 Å². The van der Waals surface area contributed by atoms with Gasteiger partial charge in [-0.2, -0.15) is 0 Å². The number of rotatable bonds is 5. The summed E-state index contributed by atoms with van der Waals surface area (Å²) in [6.07, 6.45) is 2.49. The van der Waals surface area contributed by atoms with Crippen LogP contribution in [0.3, 0.4) is 0 Å². The van der Waals surface area contributed by atoms with Crippen molar-refractivity contribution in [2.24, 2.45) is 0 Å². The smallest absolute Gasteiger partial charge is 0.255 e. The van der Waals surface area contributed by atoms with Crippen LogP contribution in [-0.2, 0) is 9.84 Å². The van der Waals surface area contributed by atoms with E-state index in [-0.39, 0.29) is 5.91 Å². The fraction of sp³-hybridized carbons (Fsp3) is 0.381. The van der Waals surface area contributed by atoms with E-state index in [1.807, 2.05) is 54.6 Å². The van der Waals surface area contributed by atoms with Crippen LogP contribution < -0.4 is 10.6 Å². The van der Waals surface area contributed by atoms with Gasteiger partial charge in [0.15, 0.2) is 0 Å². The van der Waals surface area contributed by atoms with Gasteiger partial charge in [-0.25, -0.2) is 8.42 Å². The van der Waals surface area contributed by atoms with Crippen molar-refractivity contribution in [1.29, 1.82) is 0 Å². The maximum absolute atomic E-state index is 12.3. The molecule has 1 saturated carbocycles. The average Bonchev–Trinajstić information content (AvgIpc) is 3.44. The van der Waals surface area contributed by atoms with E-state index in [0.29, 0.717) is 47.9 Å². The number of anilines is 1. The van der Waals surface area contributed by atoms with Crippen LogP contribution in [0.1, 0.15) is 41.1 Å². The van der Waals surface area contributed by atoms with Crippen molar-refractivity contribution in [3.63, 3.8) is 0 Å². The molecule has 5 nitrogen and oxygen atoms in total. The number of carbonyl (C=O) groups excluding carboxylic acids is 1. The Balaban J connectivity index is 1.30. The SMILES string of the molecule is O=C(Nc1ccccc1)c1ccc([C@@H]2C[C@H]2NC2CCS(=O)(=O)CC2)cc1. The fourth-order valence-corrected chi connectivity index (χ4v) is 5.20. The molecular formula is C21H24N2O3S. The molecular weight excluding hydrogens is 360 g/mol. The van der Waals surface area contributed by atoms with E-state index in [1.54, 1.807) is 0 Å². The molecule has 1 aliphatic carbocycles. The fourth-order valence-electron chi connectivity index (χ4n) is 3.71. The van der Waals surface area contributed by atoms with E-state index in [2.05, 4.69) is 10.6 Å². The standard InChI is InChI=1S/C21H24N2O3S/c24-21(23-17-4-2-1-3-5-17)16-8-6-15(7-9-16)19-14-20(19)22-18-10-12-27(25,26)13-11-18/h1-9,18-20,22H,10-14H2,(H,23,24)/t19-,20+/m0/s1. The molecule has 2 fully saturated rings. The maximum Gasteiger partial charge on any atom is 0.255 e. The predicted molar refractivity (Wildman–Crippen MR) is 107 cm³/mol. The molecule has 27 heavy (non-hydrogen) atoms. The Kier molecular flexibility index (Phi) is 5.02. The van der Waals surface area contributed by atoms with Crippen molar-refractivity contribution >= 4 is 21.4 Å². The molecule has 2 aromatic carbocycles. The highest BCUT2D eigenvalue weighted by Crippen LogP contribution is 2.41. The topological polar surface area (TPSA) is 75.3 Å². The van der Waals surface area contributed by atoms with Crippen LogP contribution in [0.2, 0.25) is 0 Å². The number of nitrogens with one attached hydrogen (secondary N) is 2. The van der Waals surface area contributed by atoms with E-state index >= 15 is 0 Å². The van der Waals surface area contributed by atoms with Gasteiger partial charge >= 0.3 is 0 Å². The lowest BCUT2D eigenvalue weighted by molar-refractivity contribution is 0.102. The lowest BCUT2D eigenvalue weighted by atomic mass is 10.1. The Morgan fingerprint density at radius 1 is 0.926 bits per heavy atom. The third-order valence-corrected chi connectivity index (χ3v) is 7.14. The number of hydrogen-bond acceptors (Lipinski definition) is 4. The number of benzene rings is 2. The number of amides is 1. The van der Waals surface area contributed by atoms with E-state index in [9.17, 15) is 13.2 Å². The van der Waals surface area contributed by atoms with E-state index < -0.39 is 9.84 Å². The minimum absolute atomic E-state index is 0.110. The predicted octanol–water partition coefficient (Wildman–Crippen LogP) is 2.96. The number of para-hydroxylation sites is 1. The van der Waals surface area contributed by atoms with Crippen molar-refractivity contribution in [3.8, 4) is 0 Å². The first-order valence-corrected chi connectivity index (χ1v) is 11.3. The van der Waals surface area contributed by atoms with Crippen LogP contribution in [0.5, 0.6) is 0 Å². The molecule has 2 N–H and O–H groups in total. The van der Waals surface area contributed by atoms with Crippen molar-refractivity contribution in [3.05, 3.63) is 65.7 Å². The first-order chi connectivity index (χ1) is 13.0. The zero-order chi connectivity index (χ0) is 18.9. The van der Waals surface area contributed by atoms with Gasteiger partial charge in [-0.05, 0) is 49.1 Å². The van der Waals surface area contributed by atoms with E-state index in [0.717, 1.165) is 12.1 Å². The number of hydrogen-bond donors (Lipinski definition) is 2. The Bertz CT molecular complexity index is 896. The second-order valence-corrected chi connectivity index (χ2v) is 9.79. The van der Waals surface area contributed by atoms with Crippen molar-refractivity contribution < 1.29 is 13.2 Å². The Labute approximate surface area is 160 Å². The van der Waals surface area contributed by atoms with Gasteiger partial charge in [0.1, 0.15) is 9.84 Å². The van der Waals surface area contributed by atoms with Crippen LogP contribution in [-0.4, -0.2) is 37.9 Å². The first-order valence-electron chi connectivity index (χ1n) is 9.43. The summed E-state index contributed by atoms with van der Waals surface area (Å²) in [5.74, 6) is 0.942. The summed E-state index contributed by atoms with van der Waals surface area (Å²) in [7, 11) is -2.81. The lowest BCUT2D eigenvalue weighted by Crippen LogP contribution is -2.39. The van der Waals surface area contributed by atoms with Gasteiger partial charge in [0.2, 0.25) is 0 Å². The average molecular weight is 385 g/mol. The molecule has 2 aliphatic rings. The first kappa shape index (κ1) is 18.2. The molecule has 0 radical (unpaired) electrons. The van der Waals surface area contributed by atoms with E-state index in [4.69, 9.17) is 0 Å². The minimum atomic E-state index is -2.81. The van der Waals surface area contributed by atoms with Gasteiger partial charge in [-0.15, -0.1) is 0 Å². The second-order valence-electron chi connectivity index (χ2n) is 7.48. The second kappa shape index (κ2) is 7.44. The Morgan fingerprint density at radius 2 is 1.59 bits per heavy atom. The highest BCUT2D eigenvalue weighted by Gasteiger charge is 2.40. The summed E-state index contributed by atoms with van der Waals surface area (Å²) < 4.78 is 23.1. The van der Waals surface area contributed by atoms with Crippen LogP contribution in [0, 0.1) is 0 Å². The maximum atomic E-state index is 12.3. The molecule has 142 valence electrons. The van der Waals surface area contributed by atoms with Crippen molar-refractivity contribution in [1.82, 2.24) is 5.32 Å². The molecule has 1 amide bonds. The summed E-state index contributed by atoms with van der Waals surface area (Å²) in [5, 5.41) is 6.50. The summed E-state index contributed by atoms with van der Waals surface area (Å²) in [6.45, 7) is 0. The zero-order valence-electron chi connectivity index (χ0n) is 15.1. The molecule has 2 atom stereocenters. The van der Waals surface area contributed by atoms with Gasteiger partial charge in [0, 0.05) is 29.3 Å². The molecule has 4 rings (SSSR count). The molecule has 1 aliphatic heterocycles. The van der Waals surface area contributed by atoms with Crippen LogP contribution in [0.15, 0.2) is 54.6 Å². The van der Waals surface area contributed by atoms with Gasteiger partial charge in [-0.3, -0.25) is 4.79 Å². The molecule has 0 unspecified atom stereocenters. The quantitative estimate of drug-likeness (QED) is 0.831. The van der Waals surface area contributed by atoms with E-state index in [1.165, 1.54) is 5.56 Å². The largest absolute Gasteiger partial charge is 0.322 e. The van der Waals surface area contributed by atoms with Gasteiger partial charge in [-0.1, -0.05) is 30.3 Å². The minimum Gasteiger partial charge on any atom is -0.322 e. The molecule has 1 heterocycles. The van der Waals surface area contributed by atoms with Gasteiger partial charge in [0.05, 0.1) is 11.5 Å².